The van der Waals surface area contributed by atoms with Gasteiger partial charge in [0.05, 0.1) is 0 Å². The monoisotopic (exact) mass is 253 g/mol. The molecule has 0 aromatic carbocycles. The normalized spacial score (nSPS) is 36.5. The molecule has 1 aliphatic rings. The zero-order valence-electron chi connectivity index (χ0n) is 13.8. The lowest BCUT2D eigenvalue weighted by Gasteiger charge is -2.35. The van der Waals surface area contributed by atoms with Gasteiger partial charge in [-0.3, -0.25) is 0 Å². The first-order valence-electron chi connectivity index (χ1n) is 7.96. The predicted molar refractivity (Wildman–Crippen MR) is 81.8 cm³/mol. The largest absolute Gasteiger partial charge is 0.311 e. The van der Waals surface area contributed by atoms with E-state index >= 15 is 0 Å². The molecule has 1 heterocycles. The molecule has 1 nitrogen and oxygen atoms in total. The van der Waals surface area contributed by atoms with Crippen molar-refractivity contribution in [2.75, 3.05) is 6.54 Å². The van der Waals surface area contributed by atoms with Gasteiger partial charge in [-0.2, -0.15) is 0 Å². The fourth-order valence-electron chi connectivity index (χ4n) is 4.10. The van der Waals surface area contributed by atoms with Crippen LogP contribution in [0, 0.1) is 23.2 Å². The van der Waals surface area contributed by atoms with Crippen LogP contribution in [-0.2, 0) is 0 Å². The van der Waals surface area contributed by atoms with E-state index in [2.05, 4.69) is 53.8 Å². The third-order valence-corrected chi connectivity index (χ3v) is 5.02. The molecule has 18 heavy (non-hydrogen) atoms. The van der Waals surface area contributed by atoms with Crippen LogP contribution >= 0.6 is 0 Å². The molecule has 1 saturated heterocycles. The van der Waals surface area contributed by atoms with Crippen molar-refractivity contribution >= 4 is 0 Å². The first kappa shape index (κ1) is 16.0. The SMILES string of the molecule is CCC1CC(C)(C)NCC(C)(C)CC(C)C1CC. The highest BCUT2D eigenvalue weighted by Gasteiger charge is 2.35. The summed E-state index contributed by atoms with van der Waals surface area (Å²) < 4.78 is 0. The first-order valence-corrected chi connectivity index (χ1v) is 7.96. The minimum atomic E-state index is 0.287. The van der Waals surface area contributed by atoms with E-state index in [0.29, 0.717) is 5.41 Å². The van der Waals surface area contributed by atoms with Crippen molar-refractivity contribution in [2.45, 2.75) is 79.7 Å². The van der Waals surface area contributed by atoms with Gasteiger partial charge in [0, 0.05) is 12.1 Å². The van der Waals surface area contributed by atoms with Crippen LogP contribution in [0.15, 0.2) is 0 Å². The second-order valence-corrected chi connectivity index (χ2v) is 8.03. The maximum absolute atomic E-state index is 3.82. The van der Waals surface area contributed by atoms with Crippen molar-refractivity contribution in [1.29, 1.82) is 0 Å². The molecule has 0 amide bonds. The van der Waals surface area contributed by atoms with E-state index in [-0.39, 0.29) is 5.54 Å². The van der Waals surface area contributed by atoms with Crippen LogP contribution < -0.4 is 5.32 Å². The average Bonchev–Trinajstić information content (AvgIpc) is 2.27. The molecule has 0 aromatic heterocycles. The Bertz CT molecular complexity index is 254. The summed E-state index contributed by atoms with van der Waals surface area (Å²) in [6.45, 7) is 18.0. The summed E-state index contributed by atoms with van der Waals surface area (Å²) in [5.41, 5.74) is 0.710. The molecule has 3 atom stereocenters. The van der Waals surface area contributed by atoms with E-state index in [9.17, 15) is 0 Å². The molecular formula is C17H35N. The predicted octanol–water partition coefficient (Wildman–Crippen LogP) is 4.86. The van der Waals surface area contributed by atoms with Crippen LogP contribution in [0.1, 0.15) is 74.1 Å². The quantitative estimate of drug-likeness (QED) is 0.741. The molecule has 0 spiro atoms. The molecular weight excluding hydrogens is 218 g/mol. The summed E-state index contributed by atoms with van der Waals surface area (Å²) in [6.07, 6.45) is 5.34. The lowest BCUT2D eigenvalue weighted by atomic mass is 9.71. The Hall–Kier alpha value is -0.0400. The molecule has 1 N–H and O–H groups in total. The number of hydrogen-bond acceptors (Lipinski definition) is 1. The Morgan fingerprint density at radius 2 is 1.61 bits per heavy atom. The molecule has 1 rings (SSSR count). The van der Waals surface area contributed by atoms with Gasteiger partial charge in [-0.25, -0.2) is 0 Å². The third-order valence-electron chi connectivity index (χ3n) is 5.02. The molecule has 1 fully saturated rings. The van der Waals surface area contributed by atoms with Gasteiger partial charge in [-0.15, -0.1) is 0 Å². The topological polar surface area (TPSA) is 12.0 Å². The number of nitrogens with one attached hydrogen (secondary N) is 1. The molecule has 0 saturated carbocycles. The van der Waals surface area contributed by atoms with Gasteiger partial charge < -0.3 is 5.32 Å². The minimum absolute atomic E-state index is 0.287. The second-order valence-electron chi connectivity index (χ2n) is 8.03. The van der Waals surface area contributed by atoms with Gasteiger partial charge in [0.1, 0.15) is 0 Å². The standard InChI is InChI=1S/C17H35N/c1-8-14-11-17(6,7)18-12-16(4,5)10-13(3)15(14)9-2/h13-15,18H,8-12H2,1-7H3. The summed E-state index contributed by atoms with van der Waals surface area (Å²) in [5.74, 6) is 2.63. The fourth-order valence-corrected chi connectivity index (χ4v) is 4.10. The van der Waals surface area contributed by atoms with Crippen LogP contribution in [0.5, 0.6) is 0 Å². The zero-order chi connectivity index (χ0) is 14.0. The molecule has 0 radical (unpaired) electrons. The first-order chi connectivity index (χ1) is 8.21. The maximum Gasteiger partial charge on any atom is 0.0128 e. The molecule has 0 aromatic rings. The van der Waals surface area contributed by atoms with E-state index < -0.39 is 0 Å². The Labute approximate surface area is 115 Å². The van der Waals surface area contributed by atoms with Gasteiger partial charge in [-0.05, 0) is 49.9 Å². The van der Waals surface area contributed by atoms with E-state index in [1.807, 2.05) is 0 Å². The summed E-state index contributed by atoms with van der Waals surface area (Å²) in [4.78, 5) is 0. The molecule has 108 valence electrons. The van der Waals surface area contributed by atoms with Crippen molar-refractivity contribution < 1.29 is 0 Å². The van der Waals surface area contributed by atoms with E-state index in [1.165, 1.54) is 25.7 Å². The molecule has 3 unspecified atom stereocenters. The van der Waals surface area contributed by atoms with Crippen molar-refractivity contribution in [3.63, 3.8) is 0 Å². The average molecular weight is 253 g/mol. The highest BCUT2D eigenvalue weighted by atomic mass is 15.0. The van der Waals surface area contributed by atoms with Gasteiger partial charge in [0.25, 0.3) is 0 Å². The smallest absolute Gasteiger partial charge is 0.0128 e. The van der Waals surface area contributed by atoms with Crippen molar-refractivity contribution in [2.24, 2.45) is 23.2 Å². The maximum atomic E-state index is 3.82. The van der Waals surface area contributed by atoms with Crippen LogP contribution in [0.2, 0.25) is 0 Å². The lowest BCUT2D eigenvalue weighted by molar-refractivity contribution is 0.164. The van der Waals surface area contributed by atoms with E-state index in [0.717, 1.165) is 24.3 Å². The van der Waals surface area contributed by atoms with E-state index in [4.69, 9.17) is 0 Å². The van der Waals surface area contributed by atoms with Gasteiger partial charge in [0.2, 0.25) is 0 Å². The summed E-state index contributed by atoms with van der Waals surface area (Å²) in [6, 6.07) is 0. The van der Waals surface area contributed by atoms with Gasteiger partial charge in [-0.1, -0.05) is 47.5 Å². The van der Waals surface area contributed by atoms with Crippen LogP contribution in [-0.4, -0.2) is 12.1 Å². The fraction of sp³-hybridized carbons (Fsp3) is 1.00. The molecule has 0 bridgehead atoms. The molecule has 0 aliphatic carbocycles. The summed E-state index contributed by atoms with van der Waals surface area (Å²) >= 11 is 0. The summed E-state index contributed by atoms with van der Waals surface area (Å²) in [5, 5.41) is 3.82. The van der Waals surface area contributed by atoms with Gasteiger partial charge >= 0.3 is 0 Å². The molecule has 1 heteroatoms. The Morgan fingerprint density at radius 1 is 1.00 bits per heavy atom. The van der Waals surface area contributed by atoms with Crippen molar-refractivity contribution in [1.82, 2.24) is 5.32 Å². The Kier molecular flexibility index (Phi) is 5.29. The van der Waals surface area contributed by atoms with Crippen LogP contribution in [0.4, 0.5) is 0 Å². The lowest BCUT2D eigenvalue weighted by Crippen LogP contribution is -2.45. The van der Waals surface area contributed by atoms with Gasteiger partial charge in [0.15, 0.2) is 0 Å². The highest BCUT2D eigenvalue weighted by molar-refractivity contribution is 4.90. The highest BCUT2D eigenvalue weighted by Crippen LogP contribution is 2.40. The third kappa shape index (κ3) is 4.26. The van der Waals surface area contributed by atoms with E-state index in [1.54, 1.807) is 0 Å². The Balaban J connectivity index is 2.96. The van der Waals surface area contributed by atoms with Crippen molar-refractivity contribution in [3.05, 3.63) is 0 Å². The molecule has 1 aliphatic heterocycles. The minimum Gasteiger partial charge on any atom is -0.311 e. The number of hydrogen-bond donors (Lipinski definition) is 1. The number of rotatable bonds is 2. The van der Waals surface area contributed by atoms with Crippen LogP contribution in [0.3, 0.4) is 0 Å². The Morgan fingerprint density at radius 3 is 2.11 bits per heavy atom. The van der Waals surface area contributed by atoms with Crippen molar-refractivity contribution in [3.8, 4) is 0 Å². The summed E-state index contributed by atoms with van der Waals surface area (Å²) in [7, 11) is 0. The zero-order valence-corrected chi connectivity index (χ0v) is 13.8. The van der Waals surface area contributed by atoms with Crippen LogP contribution in [0.25, 0.3) is 0 Å². The second kappa shape index (κ2) is 5.94.